The van der Waals surface area contributed by atoms with Gasteiger partial charge in [0.2, 0.25) is 0 Å². The van der Waals surface area contributed by atoms with Crippen LogP contribution >= 0.6 is 0 Å². The Bertz CT molecular complexity index is 238. The molecule has 0 aliphatic carbocycles. The Hall–Kier alpha value is -0.140. The van der Waals surface area contributed by atoms with Gasteiger partial charge in [0.15, 0.2) is 0 Å². The normalized spacial score (nSPS) is 14.6. The Balaban J connectivity index is 0. The topological polar surface area (TPSA) is 177 Å². The van der Waals surface area contributed by atoms with Gasteiger partial charge in [-0.25, -0.2) is 0 Å². The Morgan fingerprint density at radius 2 is 0.643 bits per heavy atom. The van der Waals surface area contributed by atoms with Crippen LogP contribution in [0.2, 0.25) is 0 Å². The standard InChI is InChI=1S/K.6NO.Rh.H/c;6*1-2;;/q;6*-1;+6;. The molecule has 0 N–H and O–H groups in total. The molecule has 12 nitrogen and oxygen atoms in total. The third-order valence-corrected chi connectivity index (χ3v) is 4.83. The van der Waals surface area contributed by atoms with Gasteiger partial charge in [-0.15, -0.1) is 0 Å². The summed E-state index contributed by atoms with van der Waals surface area (Å²) in [4.78, 5) is 59.9. The quantitative estimate of drug-likeness (QED) is 0.511. The van der Waals surface area contributed by atoms with Crippen LogP contribution in [0.25, 0.3) is 0 Å². The van der Waals surface area contributed by atoms with E-state index in [-0.39, 0.29) is 51.4 Å². The monoisotopic (exact) mass is 323 g/mol. The first-order chi connectivity index (χ1) is 5.97. The molecule has 0 aromatic rings. The van der Waals surface area contributed by atoms with E-state index in [9.17, 15) is 29.4 Å². The fraction of sp³-hybridized carbons (Fsp3) is 0. The molecule has 77 valence electrons. The van der Waals surface area contributed by atoms with Crippen molar-refractivity contribution < 1.29 is 13.9 Å². The summed E-state index contributed by atoms with van der Waals surface area (Å²) in [5, 5.41) is 0. The van der Waals surface area contributed by atoms with Crippen molar-refractivity contribution >= 4 is 51.4 Å². The first kappa shape index (κ1) is 16.3. The maximum atomic E-state index is 9.98. The molecular formula is HKN6O6Rh. The van der Waals surface area contributed by atoms with Crippen molar-refractivity contribution in [3.63, 3.8) is 0 Å². The van der Waals surface area contributed by atoms with E-state index < -0.39 is 13.9 Å². The van der Waals surface area contributed by atoms with E-state index in [2.05, 4.69) is 0 Å². The zero-order valence-electron chi connectivity index (χ0n) is 5.47. The molecular weight excluding hydrogens is 322 g/mol. The molecule has 14 heteroatoms. The van der Waals surface area contributed by atoms with Crippen LogP contribution < -0.4 is 0 Å². The molecule has 0 radical (unpaired) electrons. The number of nitrogens with zero attached hydrogens (tertiary/aromatic N) is 6. The van der Waals surface area contributed by atoms with Gasteiger partial charge in [0.1, 0.15) is 0 Å². The summed E-state index contributed by atoms with van der Waals surface area (Å²) in [5.74, 6) is 0. The summed E-state index contributed by atoms with van der Waals surface area (Å²) in [5.41, 5.74) is 0. The molecule has 0 unspecified atom stereocenters. The SMILES string of the molecule is O=[N][Rh]([N]=O)([N]=O)([N]=O)([N]=O)[N]=O.[KH]. The van der Waals surface area contributed by atoms with Crippen LogP contribution in [0.4, 0.5) is 0 Å². The maximum absolute atomic E-state index is 9.98. The van der Waals surface area contributed by atoms with Crippen molar-refractivity contribution in [1.82, 2.24) is 0 Å². The second-order valence-electron chi connectivity index (χ2n) is 1.37. The van der Waals surface area contributed by atoms with Gasteiger partial charge in [-0.3, -0.25) is 0 Å². The molecule has 0 bridgehead atoms. The van der Waals surface area contributed by atoms with E-state index in [4.69, 9.17) is 0 Å². The molecule has 0 heterocycles. The third-order valence-electron chi connectivity index (χ3n) is 0.816. The Labute approximate surface area is 116 Å². The first-order valence-corrected chi connectivity index (χ1v) is 6.39. The number of hydrogen-bond donors (Lipinski definition) is 0. The molecule has 0 aromatic carbocycles. The van der Waals surface area contributed by atoms with E-state index in [1.54, 1.807) is 0 Å². The van der Waals surface area contributed by atoms with Gasteiger partial charge >= 0.3 is 118 Å². The van der Waals surface area contributed by atoms with Crippen LogP contribution in [0.5, 0.6) is 0 Å². The van der Waals surface area contributed by atoms with E-state index in [1.165, 1.54) is 23.5 Å². The number of rotatable bonds is 6. The van der Waals surface area contributed by atoms with Crippen LogP contribution in [-0.2, 0) is 13.9 Å². The van der Waals surface area contributed by atoms with Gasteiger partial charge in [-0.1, -0.05) is 0 Å². The second kappa shape index (κ2) is 4.16. The van der Waals surface area contributed by atoms with Crippen LogP contribution in [0.1, 0.15) is 0 Å². The third kappa shape index (κ3) is 1.57. The molecule has 14 heavy (non-hydrogen) atoms. The second-order valence-corrected chi connectivity index (χ2v) is 8.08. The molecule has 0 amide bonds. The van der Waals surface area contributed by atoms with Gasteiger partial charge in [-0.2, -0.15) is 0 Å². The van der Waals surface area contributed by atoms with Crippen molar-refractivity contribution in [2.24, 2.45) is 23.5 Å². The Morgan fingerprint density at radius 3 is 0.643 bits per heavy atom. The Morgan fingerprint density at radius 1 is 0.500 bits per heavy atom. The van der Waals surface area contributed by atoms with Gasteiger partial charge in [-0.05, 0) is 0 Å². The van der Waals surface area contributed by atoms with Gasteiger partial charge < -0.3 is 0 Å². The van der Waals surface area contributed by atoms with Crippen molar-refractivity contribution in [1.29, 1.82) is 0 Å². The fourth-order valence-corrected chi connectivity index (χ4v) is 0.986. The summed E-state index contributed by atoms with van der Waals surface area (Å²) in [6.07, 6.45) is 0. The summed E-state index contributed by atoms with van der Waals surface area (Å²) < 4.78 is 8.39. The van der Waals surface area contributed by atoms with Crippen LogP contribution in [0.15, 0.2) is 23.5 Å². The van der Waals surface area contributed by atoms with Crippen LogP contribution in [-0.4, -0.2) is 51.4 Å². The van der Waals surface area contributed by atoms with Gasteiger partial charge in [0, 0.05) is 0 Å². The van der Waals surface area contributed by atoms with Crippen LogP contribution in [0.3, 0.4) is 0 Å². The predicted octanol–water partition coefficient (Wildman–Crippen LogP) is 0.652. The van der Waals surface area contributed by atoms with E-state index in [0.29, 0.717) is 0 Å². The summed E-state index contributed by atoms with van der Waals surface area (Å²) >= 11 is -7.88. The van der Waals surface area contributed by atoms with Gasteiger partial charge in [0.05, 0.1) is 0 Å². The number of nitroso groups, excluding NO2 is 6. The number of hydrogen-bond acceptors (Lipinski definition) is 12. The van der Waals surface area contributed by atoms with E-state index in [0.717, 1.165) is 0 Å². The Kier molecular flexibility index (Phi) is 4.84. The zero-order chi connectivity index (χ0) is 10.7. The average Bonchev–Trinajstić information content (AvgIpc) is 2.26. The van der Waals surface area contributed by atoms with Crippen molar-refractivity contribution in [3.05, 3.63) is 29.4 Å². The average molecular weight is 323 g/mol. The van der Waals surface area contributed by atoms with E-state index in [1.807, 2.05) is 0 Å². The molecule has 0 atom stereocenters. The molecule has 0 aliphatic rings. The minimum absolute atomic E-state index is 0. The zero-order valence-corrected chi connectivity index (χ0v) is 7.10. The van der Waals surface area contributed by atoms with E-state index >= 15 is 0 Å². The summed E-state index contributed by atoms with van der Waals surface area (Å²) in [6.45, 7) is 0. The molecule has 0 rings (SSSR count). The van der Waals surface area contributed by atoms with Crippen molar-refractivity contribution in [2.75, 3.05) is 0 Å². The molecule has 0 spiro atoms. The predicted molar refractivity (Wildman–Crippen MR) is 41.9 cm³/mol. The summed E-state index contributed by atoms with van der Waals surface area (Å²) in [7, 11) is 0. The minimum atomic E-state index is -7.88. The van der Waals surface area contributed by atoms with Crippen molar-refractivity contribution in [3.8, 4) is 0 Å². The fourth-order valence-electron chi connectivity index (χ4n) is 0.167. The molecule has 0 aliphatic heterocycles. The first-order valence-electron chi connectivity index (χ1n) is 1.99. The molecule has 0 aromatic heterocycles. The molecule has 0 saturated heterocycles. The summed E-state index contributed by atoms with van der Waals surface area (Å²) in [6, 6.07) is 0. The van der Waals surface area contributed by atoms with Crippen LogP contribution in [0, 0.1) is 29.4 Å². The van der Waals surface area contributed by atoms with Crippen molar-refractivity contribution in [2.45, 2.75) is 0 Å². The van der Waals surface area contributed by atoms with Gasteiger partial charge in [0.25, 0.3) is 0 Å². The molecule has 0 fully saturated rings. The molecule has 0 saturated carbocycles.